The maximum Gasteiger partial charge on any atom is 0.490 e. The van der Waals surface area contributed by atoms with Crippen LogP contribution in [0.3, 0.4) is 0 Å². The number of nitrogens with one attached hydrogen (secondary N) is 1. The lowest BCUT2D eigenvalue weighted by molar-refractivity contribution is -0.192. The molecule has 8 nitrogen and oxygen atoms in total. The van der Waals surface area contributed by atoms with Gasteiger partial charge in [-0.25, -0.2) is 9.59 Å². The summed E-state index contributed by atoms with van der Waals surface area (Å²) in [7, 11) is 0. The molecule has 0 radical (unpaired) electrons. The molecule has 0 aliphatic carbocycles. The van der Waals surface area contributed by atoms with Crippen LogP contribution >= 0.6 is 0 Å². The Bertz CT molecular complexity index is 639. The highest BCUT2D eigenvalue weighted by molar-refractivity contribution is 5.74. The lowest BCUT2D eigenvalue weighted by Gasteiger charge is -2.19. The summed E-state index contributed by atoms with van der Waals surface area (Å²) in [4.78, 5) is 33.3. The summed E-state index contributed by atoms with van der Waals surface area (Å²) >= 11 is 0. The molecule has 150 valence electrons. The van der Waals surface area contributed by atoms with Crippen LogP contribution in [0.1, 0.15) is 12.0 Å². The first-order valence-corrected chi connectivity index (χ1v) is 7.83. The van der Waals surface area contributed by atoms with Gasteiger partial charge in [-0.1, -0.05) is 30.3 Å². The van der Waals surface area contributed by atoms with Crippen molar-refractivity contribution in [2.75, 3.05) is 19.6 Å². The van der Waals surface area contributed by atoms with Gasteiger partial charge in [0.2, 0.25) is 0 Å². The molecule has 27 heavy (non-hydrogen) atoms. The summed E-state index contributed by atoms with van der Waals surface area (Å²) < 4.78 is 37.0. The Balaban J connectivity index is 0.000000445. The smallest absolute Gasteiger partial charge is 0.480 e. The Morgan fingerprint density at radius 1 is 1.15 bits per heavy atom. The molecule has 1 fully saturated rings. The van der Waals surface area contributed by atoms with Crippen LogP contribution in [0.15, 0.2) is 30.3 Å². The zero-order chi connectivity index (χ0) is 20.4. The molecule has 11 heteroatoms. The minimum Gasteiger partial charge on any atom is -0.480 e. The van der Waals surface area contributed by atoms with Crippen LogP contribution in [0.2, 0.25) is 0 Å². The van der Waals surface area contributed by atoms with E-state index in [-0.39, 0.29) is 6.61 Å². The fraction of sp³-hybridized carbons (Fsp3) is 0.438. The van der Waals surface area contributed by atoms with Crippen LogP contribution in [0.25, 0.3) is 0 Å². The van der Waals surface area contributed by atoms with E-state index >= 15 is 0 Å². The van der Waals surface area contributed by atoms with Gasteiger partial charge in [-0.05, 0) is 12.0 Å². The molecule has 2 rings (SSSR count). The number of nitrogens with zero attached hydrogens (tertiary/aromatic N) is 1. The van der Waals surface area contributed by atoms with E-state index in [0.29, 0.717) is 26.1 Å². The Morgan fingerprint density at radius 2 is 1.74 bits per heavy atom. The number of rotatable bonds is 3. The second-order valence-corrected chi connectivity index (χ2v) is 5.46. The van der Waals surface area contributed by atoms with Gasteiger partial charge in [-0.3, -0.25) is 4.79 Å². The molecule has 1 aromatic carbocycles. The molecule has 1 aromatic rings. The molecule has 0 aromatic heterocycles. The number of carboxylic acid groups (broad SMARTS) is 2. The summed E-state index contributed by atoms with van der Waals surface area (Å²) in [5.41, 5.74) is 0.928. The first-order valence-electron chi connectivity index (χ1n) is 7.83. The van der Waals surface area contributed by atoms with Crippen molar-refractivity contribution < 1.29 is 42.5 Å². The number of aliphatic carboxylic acids is 2. The summed E-state index contributed by atoms with van der Waals surface area (Å²) in [6, 6.07) is 8.85. The molecule has 1 aliphatic rings. The summed E-state index contributed by atoms with van der Waals surface area (Å²) in [5.74, 6) is -3.64. The summed E-state index contributed by atoms with van der Waals surface area (Å²) in [6.07, 6.45) is -5.10. The topological polar surface area (TPSA) is 116 Å². The number of hydrogen-bond acceptors (Lipinski definition) is 5. The zero-order valence-electron chi connectivity index (χ0n) is 14.1. The molecule has 0 bridgehead atoms. The molecule has 0 saturated carbocycles. The number of carboxylic acids is 2. The SMILES string of the molecule is O=C(O)C(F)(F)F.O=C(O)C1CCN(C(=O)OCc2ccccc2)CCN1. The maximum absolute atomic E-state index is 11.9. The van der Waals surface area contributed by atoms with Crippen LogP contribution in [0.5, 0.6) is 0 Å². The zero-order valence-corrected chi connectivity index (χ0v) is 14.1. The van der Waals surface area contributed by atoms with E-state index in [1.807, 2.05) is 30.3 Å². The van der Waals surface area contributed by atoms with Crippen molar-refractivity contribution in [3.63, 3.8) is 0 Å². The van der Waals surface area contributed by atoms with Crippen LogP contribution < -0.4 is 5.32 Å². The average Bonchev–Trinajstić information content (AvgIpc) is 2.86. The molecule has 1 saturated heterocycles. The van der Waals surface area contributed by atoms with E-state index in [4.69, 9.17) is 19.7 Å². The minimum absolute atomic E-state index is 0.228. The van der Waals surface area contributed by atoms with E-state index in [2.05, 4.69) is 5.32 Å². The highest BCUT2D eigenvalue weighted by Gasteiger charge is 2.38. The van der Waals surface area contributed by atoms with E-state index in [9.17, 15) is 22.8 Å². The third-order valence-corrected chi connectivity index (χ3v) is 3.46. The Kier molecular flexibility index (Phi) is 8.52. The molecule has 3 N–H and O–H groups in total. The first kappa shape index (κ1) is 22.2. The van der Waals surface area contributed by atoms with Crippen molar-refractivity contribution in [2.45, 2.75) is 25.2 Å². The average molecular weight is 392 g/mol. The van der Waals surface area contributed by atoms with Crippen LogP contribution in [-0.4, -0.2) is 65.0 Å². The highest BCUT2D eigenvalue weighted by atomic mass is 19.4. The summed E-state index contributed by atoms with van der Waals surface area (Å²) in [5, 5.41) is 19.0. The van der Waals surface area contributed by atoms with Gasteiger partial charge in [0.15, 0.2) is 0 Å². The standard InChI is InChI=1S/C14H18N2O4.C2HF3O2/c17-13(18)12-6-8-16(9-7-15-12)14(19)20-10-11-4-2-1-3-5-11;3-2(4,5)1(6)7/h1-5,12,15H,6-10H2,(H,17,18);(H,6,7). The maximum atomic E-state index is 11.9. The fourth-order valence-electron chi connectivity index (χ4n) is 2.08. The molecular formula is C16H19F3N2O6. The number of hydrogen-bond donors (Lipinski definition) is 3. The normalized spacial score (nSPS) is 17.1. The molecule has 1 unspecified atom stereocenters. The lowest BCUT2D eigenvalue weighted by atomic mass is 10.2. The molecule has 1 heterocycles. The van der Waals surface area contributed by atoms with E-state index < -0.39 is 30.2 Å². The van der Waals surface area contributed by atoms with E-state index in [1.54, 1.807) is 4.90 Å². The third kappa shape index (κ3) is 8.40. The number of halogens is 3. The quantitative estimate of drug-likeness (QED) is 0.717. The van der Waals surface area contributed by atoms with Gasteiger partial charge in [0.1, 0.15) is 12.6 Å². The highest BCUT2D eigenvalue weighted by Crippen LogP contribution is 2.13. The van der Waals surface area contributed by atoms with Crippen molar-refractivity contribution in [1.29, 1.82) is 0 Å². The van der Waals surface area contributed by atoms with Crippen molar-refractivity contribution in [3.8, 4) is 0 Å². The van der Waals surface area contributed by atoms with Gasteiger partial charge >= 0.3 is 24.2 Å². The van der Waals surface area contributed by atoms with Crippen LogP contribution in [0.4, 0.5) is 18.0 Å². The van der Waals surface area contributed by atoms with Crippen LogP contribution in [0, 0.1) is 0 Å². The predicted molar refractivity (Wildman–Crippen MR) is 85.9 cm³/mol. The van der Waals surface area contributed by atoms with Gasteiger partial charge < -0.3 is 25.2 Å². The number of amides is 1. The molecule has 1 amide bonds. The van der Waals surface area contributed by atoms with E-state index in [0.717, 1.165) is 5.56 Å². The van der Waals surface area contributed by atoms with Crippen molar-refractivity contribution in [3.05, 3.63) is 35.9 Å². The Morgan fingerprint density at radius 3 is 2.26 bits per heavy atom. The Hall–Kier alpha value is -2.82. The monoisotopic (exact) mass is 392 g/mol. The number of alkyl halides is 3. The summed E-state index contributed by atoms with van der Waals surface area (Å²) in [6.45, 7) is 1.53. The van der Waals surface area contributed by atoms with Crippen LogP contribution in [-0.2, 0) is 20.9 Å². The fourth-order valence-corrected chi connectivity index (χ4v) is 2.08. The second kappa shape index (κ2) is 10.4. The molecule has 0 spiro atoms. The molecule has 1 atom stereocenters. The van der Waals surface area contributed by atoms with Crippen molar-refractivity contribution in [1.82, 2.24) is 10.2 Å². The number of ether oxygens (including phenoxy) is 1. The van der Waals surface area contributed by atoms with Crippen molar-refractivity contribution in [2.24, 2.45) is 0 Å². The van der Waals surface area contributed by atoms with Gasteiger partial charge in [-0.2, -0.15) is 13.2 Å². The number of carbonyl (C=O) groups is 3. The third-order valence-electron chi connectivity index (χ3n) is 3.46. The predicted octanol–water partition coefficient (Wildman–Crippen LogP) is 1.71. The molecule has 1 aliphatic heterocycles. The largest absolute Gasteiger partial charge is 0.490 e. The Labute approximate surface area is 152 Å². The van der Waals surface area contributed by atoms with Gasteiger partial charge in [0.25, 0.3) is 0 Å². The first-order chi connectivity index (χ1) is 12.6. The van der Waals surface area contributed by atoms with E-state index in [1.165, 1.54) is 0 Å². The van der Waals surface area contributed by atoms with Gasteiger partial charge in [-0.15, -0.1) is 0 Å². The molecular weight excluding hydrogens is 373 g/mol. The van der Waals surface area contributed by atoms with Gasteiger partial charge in [0.05, 0.1) is 0 Å². The van der Waals surface area contributed by atoms with Crippen molar-refractivity contribution >= 4 is 18.0 Å². The second-order valence-electron chi connectivity index (χ2n) is 5.46. The lowest BCUT2D eigenvalue weighted by Crippen LogP contribution is -2.36. The minimum atomic E-state index is -5.08. The number of benzene rings is 1. The number of carbonyl (C=O) groups excluding carboxylic acids is 1. The van der Waals surface area contributed by atoms with Gasteiger partial charge in [0, 0.05) is 19.6 Å².